The van der Waals surface area contributed by atoms with E-state index in [0.717, 1.165) is 5.75 Å². The van der Waals surface area contributed by atoms with Crippen molar-refractivity contribution in [3.05, 3.63) is 29.3 Å². The van der Waals surface area contributed by atoms with E-state index in [4.69, 9.17) is 17.3 Å². The third-order valence-electron chi connectivity index (χ3n) is 2.82. The lowest BCUT2D eigenvalue weighted by atomic mass is 10.2. The van der Waals surface area contributed by atoms with Crippen LogP contribution in [-0.2, 0) is 9.59 Å². The molecule has 3 N–H and O–H groups in total. The van der Waals surface area contributed by atoms with Crippen LogP contribution in [0.15, 0.2) is 24.3 Å². The summed E-state index contributed by atoms with van der Waals surface area (Å²) in [6.07, 6.45) is 2.56. The first-order chi connectivity index (χ1) is 9.93. The molecule has 0 saturated carbocycles. The summed E-state index contributed by atoms with van der Waals surface area (Å²) in [7, 11) is 1.57. The second kappa shape index (κ2) is 8.92. The number of carbonyl (C=O) groups is 2. The molecule has 0 heterocycles. The Morgan fingerprint density at radius 2 is 2.19 bits per heavy atom. The van der Waals surface area contributed by atoms with Crippen LogP contribution >= 0.6 is 23.4 Å². The molecule has 21 heavy (non-hydrogen) atoms. The van der Waals surface area contributed by atoms with Gasteiger partial charge in [0.15, 0.2) is 0 Å². The zero-order chi connectivity index (χ0) is 15.8. The fourth-order valence-electron chi connectivity index (χ4n) is 1.71. The number of nitrogens with zero attached hydrogens (tertiary/aromatic N) is 1. The van der Waals surface area contributed by atoms with Gasteiger partial charge in [-0.15, -0.1) is 0 Å². The molecule has 1 atom stereocenters. The summed E-state index contributed by atoms with van der Waals surface area (Å²) in [5.41, 5.74) is 6.40. The second-order valence-corrected chi connectivity index (χ2v) is 6.06. The van der Waals surface area contributed by atoms with Crippen LogP contribution in [0.2, 0.25) is 5.02 Å². The topological polar surface area (TPSA) is 75.4 Å². The van der Waals surface area contributed by atoms with Gasteiger partial charge in [0.1, 0.15) is 0 Å². The van der Waals surface area contributed by atoms with Crippen molar-refractivity contribution in [1.29, 1.82) is 0 Å². The van der Waals surface area contributed by atoms with E-state index in [1.165, 1.54) is 4.90 Å². The second-order valence-electron chi connectivity index (χ2n) is 4.64. The monoisotopic (exact) mass is 329 g/mol. The Kier molecular flexibility index (Phi) is 7.56. The number of benzene rings is 1. The van der Waals surface area contributed by atoms with Crippen molar-refractivity contribution in [3.63, 3.8) is 0 Å². The van der Waals surface area contributed by atoms with Crippen molar-refractivity contribution in [3.8, 4) is 0 Å². The van der Waals surface area contributed by atoms with Gasteiger partial charge in [0.25, 0.3) is 0 Å². The van der Waals surface area contributed by atoms with Crippen molar-refractivity contribution in [2.45, 2.75) is 12.5 Å². The summed E-state index contributed by atoms with van der Waals surface area (Å²) < 4.78 is 0. The van der Waals surface area contributed by atoms with E-state index in [9.17, 15) is 9.59 Å². The third-order valence-corrected chi connectivity index (χ3v) is 3.69. The average Bonchev–Trinajstić information content (AvgIpc) is 2.43. The van der Waals surface area contributed by atoms with Gasteiger partial charge in [-0.2, -0.15) is 11.8 Å². The van der Waals surface area contributed by atoms with Gasteiger partial charge in [0.2, 0.25) is 11.8 Å². The van der Waals surface area contributed by atoms with Crippen LogP contribution in [0.1, 0.15) is 6.42 Å². The van der Waals surface area contributed by atoms with Crippen LogP contribution < -0.4 is 11.1 Å². The molecule has 0 aliphatic carbocycles. The average molecular weight is 330 g/mol. The number of halogens is 1. The molecular formula is C14H20ClN3O2S. The minimum absolute atomic E-state index is 0.0433. The largest absolute Gasteiger partial charge is 0.335 e. The van der Waals surface area contributed by atoms with Crippen LogP contribution in [0, 0.1) is 0 Å². The Bertz CT molecular complexity index is 499. The van der Waals surface area contributed by atoms with Crippen molar-refractivity contribution in [1.82, 2.24) is 4.90 Å². The molecule has 1 aromatic rings. The van der Waals surface area contributed by atoms with E-state index in [0.29, 0.717) is 17.1 Å². The van der Waals surface area contributed by atoms with E-state index in [1.54, 1.807) is 43.1 Å². The number of amides is 2. The Balaban J connectivity index is 2.48. The van der Waals surface area contributed by atoms with E-state index >= 15 is 0 Å². The number of hydrogen-bond donors (Lipinski definition) is 2. The maximum absolute atomic E-state index is 12.0. The normalized spacial score (nSPS) is 11.8. The predicted molar refractivity (Wildman–Crippen MR) is 88.7 cm³/mol. The summed E-state index contributed by atoms with van der Waals surface area (Å²) >= 11 is 7.47. The van der Waals surface area contributed by atoms with Gasteiger partial charge in [0, 0.05) is 17.8 Å². The Morgan fingerprint density at radius 3 is 2.81 bits per heavy atom. The minimum atomic E-state index is -0.568. The molecule has 0 fully saturated rings. The zero-order valence-electron chi connectivity index (χ0n) is 12.1. The highest BCUT2D eigenvalue weighted by molar-refractivity contribution is 7.98. The fourth-order valence-corrected chi connectivity index (χ4v) is 2.39. The van der Waals surface area contributed by atoms with Gasteiger partial charge in [-0.25, -0.2) is 0 Å². The molecular weight excluding hydrogens is 310 g/mol. The molecule has 5 nitrogen and oxygen atoms in total. The molecule has 0 spiro atoms. The highest BCUT2D eigenvalue weighted by Gasteiger charge is 2.19. The van der Waals surface area contributed by atoms with Crippen molar-refractivity contribution in [2.75, 3.05) is 30.9 Å². The SMILES string of the molecule is CSCC[C@H](N)C(=O)N(C)CC(=O)Nc1cccc(Cl)c1. The molecule has 0 aliphatic rings. The first kappa shape index (κ1) is 17.8. The molecule has 7 heteroatoms. The van der Waals surface area contributed by atoms with Crippen LogP contribution in [0.25, 0.3) is 0 Å². The number of nitrogens with two attached hydrogens (primary N) is 1. The first-order valence-corrected chi connectivity index (χ1v) is 8.26. The van der Waals surface area contributed by atoms with E-state index in [2.05, 4.69) is 5.32 Å². The number of anilines is 1. The molecule has 2 amide bonds. The van der Waals surface area contributed by atoms with Crippen LogP contribution in [0.4, 0.5) is 5.69 Å². The Labute approximate surface area is 134 Å². The number of likely N-dealkylation sites (N-methyl/N-ethyl adjacent to an activating group) is 1. The van der Waals surface area contributed by atoms with E-state index in [-0.39, 0.29) is 18.4 Å². The fraction of sp³-hybridized carbons (Fsp3) is 0.429. The molecule has 0 aliphatic heterocycles. The van der Waals surface area contributed by atoms with E-state index < -0.39 is 6.04 Å². The molecule has 116 valence electrons. The molecule has 0 unspecified atom stereocenters. The van der Waals surface area contributed by atoms with Crippen LogP contribution in [-0.4, -0.2) is 48.4 Å². The van der Waals surface area contributed by atoms with Crippen molar-refractivity contribution >= 4 is 40.9 Å². The lowest BCUT2D eigenvalue weighted by Crippen LogP contribution is -2.45. The highest BCUT2D eigenvalue weighted by atomic mass is 35.5. The van der Waals surface area contributed by atoms with Gasteiger partial charge < -0.3 is 16.0 Å². The molecule has 0 bridgehead atoms. The summed E-state index contributed by atoms with van der Waals surface area (Å²) in [6, 6.07) is 6.27. The number of rotatable bonds is 7. The zero-order valence-corrected chi connectivity index (χ0v) is 13.7. The third kappa shape index (κ3) is 6.37. The van der Waals surface area contributed by atoms with Crippen LogP contribution in [0.3, 0.4) is 0 Å². The smallest absolute Gasteiger partial charge is 0.243 e. The number of carbonyl (C=O) groups excluding carboxylic acids is 2. The lowest BCUT2D eigenvalue weighted by molar-refractivity contribution is -0.134. The minimum Gasteiger partial charge on any atom is -0.335 e. The number of hydrogen-bond acceptors (Lipinski definition) is 4. The number of nitrogens with one attached hydrogen (secondary N) is 1. The van der Waals surface area contributed by atoms with Gasteiger partial charge in [0.05, 0.1) is 12.6 Å². The van der Waals surface area contributed by atoms with Crippen molar-refractivity contribution in [2.24, 2.45) is 5.73 Å². The highest BCUT2D eigenvalue weighted by Crippen LogP contribution is 2.14. The predicted octanol–water partition coefficient (Wildman–Crippen LogP) is 1.82. The van der Waals surface area contributed by atoms with E-state index in [1.807, 2.05) is 6.26 Å². The summed E-state index contributed by atoms with van der Waals surface area (Å²) in [6.45, 7) is -0.0433. The van der Waals surface area contributed by atoms with Gasteiger partial charge >= 0.3 is 0 Å². The van der Waals surface area contributed by atoms with Gasteiger partial charge in [-0.3, -0.25) is 9.59 Å². The maximum Gasteiger partial charge on any atom is 0.243 e. The molecule has 1 rings (SSSR count). The first-order valence-electron chi connectivity index (χ1n) is 6.49. The van der Waals surface area contributed by atoms with Gasteiger partial charge in [-0.1, -0.05) is 17.7 Å². The Hall–Kier alpha value is -1.24. The van der Waals surface area contributed by atoms with Gasteiger partial charge in [-0.05, 0) is 36.6 Å². The molecule has 0 aromatic heterocycles. The molecule has 1 aromatic carbocycles. The Morgan fingerprint density at radius 1 is 1.48 bits per heavy atom. The molecule has 0 radical (unpaired) electrons. The lowest BCUT2D eigenvalue weighted by Gasteiger charge is -2.20. The quantitative estimate of drug-likeness (QED) is 0.800. The number of thioether (sulfide) groups is 1. The maximum atomic E-state index is 12.0. The summed E-state index contributed by atoms with van der Waals surface area (Å²) in [5, 5.41) is 3.23. The van der Waals surface area contributed by atoms with Crippen molar-refractivity contribution < 1.29 is 9.59 Å². The summed E-state index contributed by atoms with van der Waals surface area (Å²) in [5.74, 6) is 0.297. The standard InChI is InChI=1S/C14H20ClN3O2S/c1-18(14(20)12(16)6-7-21-2)9-13(19)17-11-5-3-4-10(15)8-11/h3-5,8,12H,6-7,9,16H2,1-2H3,(H,17,19)/t12-/m0/s1. The molecule has 0 saturated heterocycles. The van der Waals surface area contributed by atoms with Crippen LogP contribution in [0.5, 0.6) is 0 Å². The summed E-state index contributed by atoms with van der Waals surface area (Å²) in [4.78, 5) is 25.2.